The second kappa shape index (κ2) is 7.15. The highest BCUT2D eigenvalue weighted by molar-refractivity contribution is 7.09. The topological polar surface area (TPSA) is 46.1 Å². The van der Waals surface area contributed by atoms with Crippen LogP contribution in [-0.2, 0) is 17.6 Å². The summed E-state index contributed by atoms with van der Waals surface area (Å²) in [5, 5.41) is 3.05. The van der Waals surface area contributed by atoms with Crippen LogP contribution in [0.2, 0.25) is 0 Å². The second-order valence-electron chi connectivity index (χ2n) is 6.14. The minimum absolute atomic E-state index is 0.188. The van der Waals surface area contributed by atoms with E-state index in [4.69, 9.17) is 0 Å². The highest BCUT2D eigenvalue weighted by atomic mass is 32.1. The zero-order valence-corrected chi connectivity index (χ0v) is 14.7. The average Bonchev–Trinajstić information content (AvgIpc) is 3.15. The molecule has 1 aliphatic heterocycles. The second-order valence-corrected chi connectivity index (χ2v) is 7.08. The SMILES string of the molecule is O=C(CCc1nc(-c2ccncc2)cs1)N1CCCc2ccccc21. The molecule has 2 aromatic heterocycles. The molecule has 25 heavy (non-hydrogen) atoms. The van der Waals surface area contributed by atoms with Crippen molar-refractivity contribution in [2.45, 2.75) is 25.7 Å². The summed E-state index contributed by atoms with van der Waals surface area (Å²) in [6.45, 7) is 0.815. The third kappa shape index (κ3) is 3.46. The largest absolute Gasteiger partial charge is 0.312 e. The Morgan fingerprint density at radius 3 is 2.88 bits per heavy atom. The number of aryl methyl sites for hydroxylation is 2. The maximum Gasteiger partial charge on any atom is 0.227 e. The van der Waals surface area contributed by atoms with E-state index >= 15 is 0 Å². The van der Waals surface area contributed by atoms with Gasteiger partial charge < -0.3 is 4.90 Å². The molecule has 0 unspecified atom stereocenters. The van der Waals surface area contributed by atoms with Crippen molar-refractivity contribution in [1.82, 2.24) is 9.97 Å². The van der Waals surface area contributed by atoms with E-state index in [9.17, 15) is 4.79 Å². The number of pyridine rings is 1. The molecule has 0 radical (unpaired) electrons. The lowest BCUT2D eigenvalue weighted by Gasteiger charge is -2.29. The van der Waals surface area contributed by atoms with Crippen molar-refractivity contribution in [3.05, 3.63) is 64.7 Å². The highest BCUT2D eigenvalue weighted by Crippen LogP contribution is 2.28. The first kappa shape index (κ1) is 16.0. The van der Waals surface area contributed by atoms with Crippen molar-refractivity contribution < 1.29 is 4.79 Å². The van der Waals surface area contributed by atoms with E-state index in [0.717, 1.165) is 41.3 Å². The van der Waals surface area contributed by atoms with Crippen molar-refractivity contribution in [2.75, 3.05) is 11.4 Å². The van der Waals surface area contributed by atoms with Crippen LogP contribution in [0.5, 0.6) is 0 Å². The van der Waals surface area contributed by atoms with E-state index in [0.29, 0.717) is 12.8 Å². The van der Waals surface area contributed by atoms with Crippen LogP contribution in [0, 0.1) is 0 Å². The molecule has 1 aromatic carbocycles. The van der Waals surface area contributed by atoms with Crippen LogP contribution in [0.3, 0.4) is 0 Å². The summed E-state index contributed by atoms with van der Waals surface area (Å²) in [5.74, 6) is 0.188. The predicted octanol–water partition coefficient (Wildman–Crippen LogP) is 4.12. The summed E-state index contributed by atoms with van der Waals surface area (Å²) < 4.78 is 0. The van der Waals surface area contributed by atoms with Gasteiger partial charge in [0.15, 0.2) is 0 Å². The van der Waals surface area contributed by atoms with E-state index < -0.39 is 0 Å². The van der Waals surface area contributed by atoms with Gasteiger partial charge in [-0.1, -0.05) is 18.2 Å². The monoisotopic (exact) mass is 349 g/mol. The molecule has 4 nitrogen and oxygen atoms in total. The highest BCUT2D eigenvalue weighted by Gasteiger charge is 2.22. The third-order valence-corrected chi connectivity index (χ3v) is 5.40. The molecule has 126 valence electrons. The van der Waals surface area contributed by atoms with Crippen LogP contribution in [0.1, 0.15) is 23.4 Å². The molecule has 1 amide bonds. The lowest BCUT2D eigenvalue weighted by molar-refractivity contribution is -0.118. The van der Waals surface area contributed by atoms with Gasteiger partial charge in [0.2, 0.25) is 5.91 Å². The van der Waals surface area contributed by atoms with E-state index in [-0.39, 0.29) is 5.91 Å². The molecule has 0 spiro atoms. The number of nitrogens with zero attached hydrogens (tertiary/aromatic N) is 3. The number of thiazole rings is 1. The number of benzene rings is 1. The smallest absolute Gasteiger partial charge is 0.227 e. The maximum absolute atomic E-state index is 12.7. The number of hydrogen-bond donors (Lipinski definition) is 0. The molecule has 0 saturated heterocycles. The van der Waals surface area contributed by atoms with Crippen LogP contribution < -0.4 is 4.90 Å². The quantitative estimate of drug-likeness (QED) is 0.712. The molecule has 4 rings (SSSR count). The van der Waals surface area contributed by atoms with E-state index in [1.807, 2.05) is 34.5 Å². The van der Waals surface area contributed by atoms with Crippen molar-refractivity contribution in [2.24, 2.45) is 0 Å². The van der Waals surface area contributed by atoms with Crippen LogP contribution >= 0.6 is 11.3 Å². The summed E-state index contributed by atoms with van der Waals surface area (Å²) >= 11 is 1.62. The fraction of sp³-hybridized carbons (Fsp3) is 0.250. The maximum atomic E-state index is 12.7. The minimum Gasteiger partial charge on any atom is -0.312 e. The Bertz CT molecular complexity index is 875. The van der Waals surface area contributed by atoms with Gasteiger partial charge in [-0.2, -0.15) is 0 Å². The summed E-state index contributed by atoms with van der Waals surface area (Å²) in [6.07, 6.45) is 6.82. The van der Waals surface area contributed by atoms with E-state index in [1.165, 1.54) is 5.56 Å². The minimum atomic E-state index is 0.188. The number of para-hydroxylation sites is 1. The van der Waals surface area contributed by atoms with Gasteiger partial charge in [0, 0.05) is 48.4 Å². The first-order chi connectivity index (χ1) is 12.3. The van der Waals surface area contributed by atoms with Crippen LogP contribution in [0.25, 0.3) is 11.3 Å². The van der Waals surface area contributed by atoms with Gasteiger partial charge in [0.25, 0.3) is 0 Å². The molecule has 0 atom stereocenters. The van der Waals surface area contributed by atoms with Crippen molar-refractivity contribution >= 4 is 22.9 Å². The summed E-state index contributed by atoms with van der Waals surface area (Å²) in [5.41, 5.74) is 4.37. The number of carbonyl (C=O) groups excluding carboxylic acids is 1. The number of fused-ring (bicyclic) bond motifs is 1. The zero-order chi connectivity index (χ0) is 17.1. The predicted molar refractivity (Wildman–Crippen MR) is 101 cm³/mol. The van der Waals surface area contributed by atoms with E-state index in [1.54, 1.807) is 23.7 Å². The van der Waals surface area contributed by atoms with Gasteiger partial charge in [-0.05, 0) is 36.6 Å². The number of hydrogen-bond acceptors (Lipinski definition) is 4. The normalized spacial score (nSPS) is 13.5. The van der Waals surface area contributed by atoms with Crippen LogP contribution in [0.15, 0.2) is 54.2 Å². The third-order valence-electron chi connectivity index (χ3n) is 4.49. The zero-order valence-electron chi connectivity index (χ0n) is 13.9. The fourth-order valence-corrected chi connectivity index (χ4v) is 4.03. The Morgan fingerprint density at radius 2 is 2.00 bits per heavy atom. The Kier molecular flexibility index (Phi) is 4.57. The van der Waals surface area contributed by atoms with Gasteiger partial charge in [0.1, 0.15) is 0 Å². The molecule has 3 heterocycles. The summed E-state index contributed by atoms with van der Waals surface area (Å²) in [7, 11) is 0. The summed E-state index contributed by atoms with van der Waals surface area (Å²) in [4.78, 5) is 23.3. The Hall–Kier alpha value is -2.53. The van der Waals surface area contributed by atoms with E-state index in [2.05, 4.69) is 22.1 Å². The number of carbonyl (C=O) groups is 1. The Balaban J connectivity index is 1.42. The molecule has 0 fully saturated rings. The number of amides is 1. The Labute approximate surface area is 151 Å². The molecule has 0 bridgehead atoms. The van der Waals surface area contributed by atoms with Gasteiger partial charge in [-0.25, -0.2) is 4.98 Å². The van der Waals surface area contributed by atoms with Gasteiger partial charge in [0.05, 0.1) is 10.7 Å². The lowest BCUT2D eigenvalue weighted by atomic mass is 10.0. The number of aromatic nitrogens is 2. The first-order valence-electron chi connectivity index (χ1n) is 8.54. The molecule has 0 saturated carbocycles. The van der Waals surface area contributed by atoms with Crippen LogP contribution in [-0.4, -0.2) is 22.4 Å². The summed E-state index contributed by atoms with van der Waals surface area (Å²) in [6, 6.07) is 12.1. The van der Waals surface area contributed by atoms with Gasteiger partial charge >= 0.3 is 0 Å². The van der Waals surface area contributed by atoms with Crippen molar-refractivity contribution in [1.29, 1.82) is 0 Å². The molecule has 0 N–H and O–H groups in total. The van der Waals surface area contributed by atoms with Crippen molar-refractivity contribution in [3.63, 3.8) is 0 Å². The standard InChI is InChI=1S/C20H19N3OS/c24-20(23-13-3-5-16-4-1-2-6-18(16)23)8-7-19-22-17(14-25-19)15-9-11-21-12-10-15/h1-2,4,6,9-12,14H,3,5,7-8,13H2. The Morgan fingerprint density at radius 1 is 1.16 bits per heavy atom. The molecule has 3 aromatic rings. The number of rotatable bonds is 4. The average molecular weight is 349 g/mol. The first-order valence-corrected chi connectivity index (χ1v) is 9.42. The van der Waals surface area contributed by atoms with Gasteiger partial charge in [-0.3, -0.25) is 9.78 Å². The molecule has 5 heteroatoms. The van der Waals surface area contributed by atoms with Gasteiger partial charge in [-0.15, -0.1) is 11.3 Å². The molecule has 0 aliphatic carbocycles. The fourth-order valence-electron chi connectivity index (χ4n) is 3.22. The van der Waals surface area contributed by atoms with Crippen LogP contribution in [0.4, 0.5) is 5.69 Å². The number of anilines is 1. The molecular weight excluding hydrogens is 330 g/mol. The molecular formula is C20H19N3OS. The molecule has 1 aliphatic rings. The van der Waals surface area contributed by atoms with Crippen molar-refractivity contribution in [3.8, 4) is 11.3 Å². The lowest BCUT2D eigenvalue weighted by Crippen LogP contribution is -2.35.